The summed E-state index contributed by atoms with van der Waals surface area (Å²) in [5.41, 5.74) is 0.982. The second kappa shape index (κ2) is 6.90. The second-order valence-corrected chi connectivity index (χ2v) is 7.45. The van der Waals surface area contributed by atoms with Gasteiger partial charge >= 0.3 is 0 Å². The van der Waals surface area contributed by atoms with Gasteiger partial charge in [-0.15, -0.1) is 11.3 Å². The molecule has 1 N–H and O–H groups in total. The van der Waals surface area contributed by atoms with Crippen molar-refractivity contribution in [2.24, 2.45) is 0 Å². The Morgan fingerprint density at radius 2 is 2.15 bits per heavy atom. The Bertz CT molecular complexity index is 1020. The number of halogens is 3. The first-order valence-electron chi connectivity index (χ1n) is 8.03. The van der Waals surface area contributed by atoms with E-state index < -0.39 is 11.6 Å². The summed E-state index contributed by atoms with van der Waals surface area (Å²) in [4.78, 5) is 22.6. The van der Waals surface area contributed by atoms with E-state index in [0.29, 0.717) is 24.4 Å². The van der Waals surface area contributed by atoms with Crippen molar-refractivity contribution in [2.75, 3.05) is 6.54 Å². The van der Waals surface area contributed by atoms with E-state index in [4.69, 9.17) is 11.6 Å². The average molecular weight is 394 g/mol. The molecule has 0 unspecified atom stereocenters. The van der Waals surface area contributed by atoms with Crippen molar-refractivity contribution < 1.29 is 8.78 Å². The van der Waals surface area contributed by atoms with Crippen LogP contribution in [0.2, 0.25) is 5.02 Å². The Kier molecular flexibility index (Phi) is 4.60. The summed E-state index contributed by atoms with van der Waals surface area (Å²) in [7, 11) is 0. The number of hydrogen-bond donors (Lipinski definition) is 1. The molecule has 0 fully saturated rings. The molecule has 3 aromatic rings. The van der Waals surface area contributed by atoms with Crippen LogP contribution in [-0.4, -0.2) is 21.4 Å². The average Bonchev–Trinajstić information content (AvgIpc) is 3.17. The lowest BCUT2D eigenvalue weighted by Gasteiger charge is -2.28. The first-order valence-corrected chi connectivity index (χ1v) is 9.29. The molecule has 0 saturated carbocycles. The van der Waals surface area contributed by atoms with Gasteiger partial charge in [-0.05, 0) is 23.6 Å². The number of thiophene rings is 1. The van der Waals surface area contributed by atoms with Crippen LogP contribution in [-0.2, 0) is 19.5 Å². The Morgan fingerprint density at radius 1 is 1.31 bits per heavy atom. The monoisotopic (exact) mass is 393 g/mol. The van der Waals surface area contributed by atoms with Gasteiger partial charge in [-0.2, -0.15) is 0 Å². The second-order valence-electron chi connectivity index (χ2n) is 6.10. The largest absolute Gasteiger partial charge is 0.306 e. The molecule has 0 spiro atoms. The summed E-state index contributed by atoms with van der Waals surface area (Å²) >= 11 is 7.26. The van der Waals surface area contributed by atoms with Crippen molar-refractivity contribution in [3.63, 3.8) is 0 Å². The van der Waals surface area contributed by atoms with Gasteiger partial charge in [0.05, 0.1) is 21.2 Å². The summed E-state index contributed by atoms with van der Waals surface area (Å²) in [5.74, 6) is -0.834. The van der Waals surface area contributed by atoms with Crippen molar-refractivity contribution in [1.29, 1.82) is 0 Å². The summed E-state index contributed by atoms with van der Waals surface area (Å²) in [5, 5.41) is 1.81. The van der Waals surface area contributed by atoms with Gasteiger partial charge in [0.2, 0.25) is 0 Å². The van der Waals surface area contributed by atoms with Gasteiger partial charge in [0.25, 0.3) is 5.56 Å². The van der Waals surface area contributed by atoms with Gasteiger partial charge in [0.15, 0.2) is 5.82 Å². The zero-order chi connectivity index (χ0) is 18.3. The van der Waals surface area contributed by atoms with Crippen molar-refractivity contribution in [3.8, 4) is 10.7 Å². The van der Waals surface area contributed by atoms with Gasteiger partial charge in [-0.25, -0.2) is 13.8 Å². The van der Waals surface area contributed by atoms with Crippen molar-refractivity contribution in [2.45, 2.75) is 19.5 Å². The van der Waals surface area contributed by atoms with Crippen LogP contribution in [0.15, 0.2) is 34.4 Å². The molecule has 4 rings (SSSR count). The Morgan fingerprint density at radius 3 is 2.92 bits per heavy atom. The molecule has 26 heavy (non-hydrogen) atoms. The SMILES string of the molecule is O=c1[nH]c(-c2cccs2)nc2c1CN(Cc1c(F)ccc(Cl)c1F)CC2. The van der Waals surface area contributed by atoms with Crippen LogP contribution in [0.3, 0.4) is 0 Å². The standard InChI is InChI=1S/C18H14ClF2N3OS/c19-12-3-4-13(20)10(16(12)21)8-24-6-5-14-11(9-24)18(25)23-17(22-14)15-2-1-7-26-15/h1-4,7H,5-6,8-9H2,(H,22,23,25). The fraction of sp³-hybridized carbons (Fsp3) is 0.222. The molecule has 0 radical (unpaired) electrons. The fourth-order valence-electron chi connectivity index (χ4n) is 3.08. The predicted molar refractivity (Wildman–Crippen MR) is 97.4 cm³/mol. The van der Waals surface area contributed by atoms with Crippen LogP contribution in [0.25, 0.3) is 10.7 Å². The third-order valence-electron chi connectivity index (χ3n) is 4.42. The predicted octanol–water partition coefficient (Wildman–Crippen LogP) is 3.99. The number of nitrogens with zero attached hydrogens (tertiary/aromatic N) is 2. The van der Waals surface area contributed by atoms with Gasteiger partial charge in [0, 0.05) is 31.6 Å². The summed E-state index contributed by atoms with van der Waals surface area (Å²) in [6.45, 7) is 0.885. The number of aromatic amines is 1. The maximum atomic E-state index is 14.1. The van der Waals surface area contributed by atoms with Crippen molar-refractivity contribution in [3.05, 3.63) is 73.5 Å². The zero-order valence-corrected chi connectivity index (χ0v) is 15.1. The summed E-state index contributed by atoms with van der Waals surface area (Å²) in [6.07, 6.45) is 0.543. The molecule has 3 heterocycles. The number of hydrogen-bond acceptors (Lipinski definition) is 4. The third kappa shape index (κ3) is 3.18. The van der Waals surface area contributed by atoms with Crippen LogP contribution >= 0.6 is 22.9 Å². The van der Waals surface area contributed by atoms with Crippen LogP contribution in [0.5, 0.6) is 0 Å². The Labute approximate surface area is 157 Å². The zero-order valence-electron chi connectivity index (χ0n) is 13.6. The highest BCUT2D eigenvalue weighted by Gasteiger charge is 2.24. The quantitative estimate of drug-likeness (QED) is 0.684. The van der Waals surface area contributed by atoms with Crippen molar-refractivity contribution >= 4 is 22.9 Å². The maximum absolute atomic E-state index is 14.1. The van der Waals surface area contributed by atoms with Crippen LogP contribution < -0.4 is 5.56 Å². The lowest BCUT2D eigenvalue weighted by molar-refractivity contribution is 0.235. The minimum Gasteiger partial charge on any atom is -0.306 e. The number of nitrogens with one attached hydrogen (secondary N) is 1. The third-order valence-corrected chi connectivity index (χ3v) is 5.59. The first-order chi connectivity index (χ1) is 12.5. The lowest BCUT2D eigenvalue weighted by Crippen LogP contribution is -2.35. The highest BCUT2D eigenvalue weighted by Crippen LogP contribution is 2.26. The number of benzene rings is 1. The highest BCUT2D eigenvalue weighted by molar-refractivity contribution is 7.13. The van der Waals surface area contributed by atoms with Crippen LogP contribution in [0.4, 0.5) is 8.78 Å². The minimum absolute atomic E-state index is 0.0454. The Balaban J connectivity index is 1.61. The van der Waals surface area contributed by atoms with Crippen LogP contribution in [0, 0.1) is 11.6 Å². The topological polar surface area (TPSA) is 49.0 Å². The van der Waals surface area contributed by atoms with E-state index in [1.165, 1.54) is 17.4 Å². The van der Waals surface area contributed by atoms with E-state index >= 15 is 0 Å². The van der Waals surface area contributed by atoms with Crippen LogP contribution in [0.1, 0.15) is 16.8 Å². The highest BCUT2D eigenvalue weighted by atomic mass is 35.5. The summed E-state index contributed by atoms with van der Waals surface area (Å²) in [6, 6.07) is 6.15. The van der Waals surface area contributed by atoms with E-state index in [2.05, 4.69) is 9.97 Å². The number of H-pyrrole nitrogens is 1. The molecule has 8 heteroatoms. The molecular weight excluding hydrogens is 380 g/mol. The van der Waals surface area contributed by atoms with Gasteiger partial charge in [0.1, 0.15) is 11.6 Å². The molecular formula is C18H14ClF2N3OS. The lowest BCUT2D eigenvalue weighted by atomic mass is 10.1. The smallest absolute Gasteiger partial charge is 0.255 e. The molecule has 0 saturated heterocycles. The van der Waals surface area contributed by atoms with E-state index in [-0.39, 0.29) is 29.2 Å². The molecule has 1 aliphatic rings. The van der Waals surface area contributed by atoms with Gasteiger partial charge < -0.3 is 4.98 Å². The normalized spacial score (nSPS) is 14.4. The molecule has 134 valence electrons. The molecule has 2 aromatic heterocycles. The number of fused-ring (bicyclic) bond motifs is 1. The van der Waals surface area contributed by atoms with E-state index in [1.54, 1.807) is 0 Å². The number of aromatic nitrogens is 2. The number of rotatable bonds is 3. The Hall–Kier alpha value is -2.09. The van der Waals surface area contributed by atoms with E-state index in [0.717, 1.165) is 16.6 Å². The fourth-order valence-corrected chi connectivity index (χ4v) is 3.93. The van der Waals surface area contributed by atoms with Gasteiger partial charge in [-0.3, -0.25) is 9.69 Å². The van der Waals surface area contributed by atoms with E-state index in [1.807, 2.05) is 22.4 Å². The van der Waals surface area contributed by atoms with Crippen molar-refractivity contribution in [1.82, 2.24) is 14.9 Å². The minimum atomic E-state index is -0.752. The van der Waals surface area contributed by atoms with Gasteiger partial charge in [-0.1, -0.05) is 17.7 Å². The summed E-state index contributed by atoms with van der Waals surface area (Å²) < 4.78 is 28.1. The molecule has 0 bridgehead atoms. The molecule has 0 aliphatic carbocycles. The molecule has 1 aromatic carbocycles. The molecule has 0 amide bonds. The molecule has 1 aliphatic heterocycles. The van der Waals surface area contributed by atoms with E-state index in [9.17, 15) is 13.6 Å². The molecule has 0 atom stereocenters. The first kappa shape index (κ1) is 17.3. The maximum Gasteiger partial charge on any atom is 0.255 e. The molecule has 4 nitrogen and oxygen atoms in total.